The maximum Gasteiger partial charge on any atom is 0.351 e. The molecule has 8 heteroatoms. The summed E-state index contributed by atoms with van der Waals surface area (Å²) >= 11 is 0. The largest absolute Gasteiger partial charge is 0.394 e. The van der Waals surface area contributed by atoms with Crippen molar-refractivity contribution in [2.45, 2.75) is 31.0 Å². The van der Waals surface area contributed by atoms with Crippen molar-refractivity contribution >= 4 is 5.82 Å². The lowest BCUT2D eigenvalue weighted by molar-refractivity contribution is -0.0986. The van der Waals surface area contributed by atoms with Gasteiger partial charge in [0.2, 0.25) is 0 Å². The molecule has 0 unspecified atom stereocenters. The summed E-state index contributed by atoms with van der Waals surface area (Å²) in [6.45, 7) is 0.853. The molecule has 5 N–H and O–H groups in total. The molecule has 1 aromatic heterocycles. The van der Waals surface area contributed by atoms with Crippen LogP contribution in [0, 0.1) is 0 Å². The van der Waals surface area contributed by atoms with Gasteiger partial charge in [0.25, 0.3) is 0 Å². The highest BCUT2D eigenvalue weighted by Gasteiger charge is 2.53. The van der Waals surface area contributed by atoms with Gasteiger partial charge in [-0.15, -0.1) is 0 Å². The first kappa shape index (κ1) is 13.0. The molecule has 18 heavy (non-hydrogen) atoms. The number of nitrogen functional groups attached to an aromatic ring is 1. The van der Waals surface area contributed by atoms with E-state index < -0.39 is 36.3 Å². The fourth-order valence-electron chi connectivity index (χ4n) is 1.99. The molecule has 100 valence electrons. The fourth-order valence-corrected chi connectivity index (χ4v) is 1.99. The third kappa shape index (κ3) is 1.89. The van der Waals surface area contributed by atoms with Gasteiger partial charge in [-0.3, -0.25) is 4.57 Å². The highest BCUT2D eigenvalue weighted by atomic mass is 16.6. The zero-order chi connectivity index (χ0) is 13.5. The van der Waals surface area contributed by atoms with Gasteiger partial charge in [-0.05, 0) is 13.0 Å². The number of aliphatic hydroxyl groups is 3. The van der Waals surface area contributed by atoms with Crippen LogP contribution in [-0.4, -0.2) is 49.3 Å². The van der Waals surface area contributed by atoms with Gasteiger partial charge in [0.15, 0.2) is 6.23 Å². The first-order valence-electron chi connectivity index (χ1n) is 5.39. The molecule has 1 aliphatic rings. The Balaban J connectivity index is 2.42. The number of hydrogen-bond acceptors (Lipinski definition) is 7. The van der Waals surface area contributed by atoms with E-state index in [1.54, 1.807) is 0 Å². The second kappa shape index (κ2) is 4.32. The lowest BCUT2D eigenvalue weighted by Gasteiger charge is -2.27. The van der Waals surface area contributed by atoms with Crippen molar-refractivity contribution in [1.82, 2.24) is 9.55 Å². The van der Waals surface area contributed by atoms with Crippen molar-refractivity contribution in [1.29, 1.82) is 0 Å². The zero-order valence-electron chi connectivity index (χ0n) is 9.72. The molecule has 0 radical (unpaired) electrons. The fraction of sp³-hybridized carbons (Fsp3) is 0.600. The van der Waals surface area contributed by atoms with Gasteiger partial charge < -0.3 is 25.8 Å². The summed E-state index contributed by atoms with van der Waals surface area (Å²) in [6.07, 6.45) is -2.09. The lowest BCUT2D eigenvalue weighted by atomic mass is 9.96. The van der Waals surface area contributed by atoms with Gasteiger partial charge >= 0.3 is 5.69 Å². The first-order valence-corrected chi connectivity index (χ1v) is 5.39. The van der Waals surface area contributed by atoms with Crippen molar-refractivity contribution in [2.75, 3.05) is 12.3 Å². The third-order valence-corrected chi connectivity index (χ3v) is 3.04. The SMILES string of the molecule is C[C@]1(O)[C@@H](O)[C@@H](CO)O[C@H]1n1ccc(N)nc1=O. The number of nitrogens with two attached hydrogens (primary N) is 1. The summed E-state index contributed by atoms with van der Waals surface area (Å²) in [5.41, 5.74) is 2.94. The maximum atomic E-state index is 11.7. The Kier molecular flexibility index (Phi) is 3.11. The quantitative estimate of drug-likeness (QED) is 0.474. The maximum absolute atomic E-state index is 11.7. The molecule has 1 aromatic rings. The second-order valence-electron chi connectivity index (χ2n) is 4.42. The number of rotatable bonds is 2. The monoisotopic (exact) mass is 257 g/mol. The highest BCUT2D eigenvalue weighted by Crippen LogP contribution is 2.37. The Bertz CT molecular complexity index is 501. The van der Waals surface area contributed by atoms with Gasteiger partial charge in [0.05, 0.1) is 6.61 Å². The third-order valence-electron chi connectivity index (χ3n) is 3.04. The van der Waals surface area contributed by atoms with Crippen molar-refractivity contribution in [2.24, 2.45) is 0 Å². The topological polar surface area (TPSA) is 131 Å². The van der Waals surface area contributed by atoms with Gasteiger partial charge in [0, 0.05) is 6.20 Å². The second-order valence-corrected chi connectivity index (χ2v) is 4.42. The van der Waals surface area contributed by atoms with Crippen LogP contribution < -0.4 is 11.4 Å². The van der Waals surface area contributed by atoms with E-state index in [9.17, 15) is 15.0 Å². The molecule has 0 aromatic carbocycles. The predicted octanol–water partition coefficient (Wildman–Crippen LogP) is -2.17. The Morgan fingerprint density at radius 3 is 2.83 bits per heavy atom. The first-order chi connectivity index (χ1) is 8.37. The number of nitrogens with zero attached hydrogens (tertiary/aromatic N) is 2. The average molecular weight is 257 g/mol. The van der Waals surface area contributed by atoms with Gasteiger partial charge in [-0.25, -0.2) is 4.79 Å². The van der Waals surface area contributed by atoms with Gasteiger partial charge in [-0.2, -0.15) is 4.98 Å². The molecule has 1 aliphatic heterocycles. The van der Waals surface area contributed by atoms with Crippen molar-refractivity contribution in [3.8, 4) is 0 Å². The van der Waals surface area contributed by atoms with Crippen LogP contribution in [0.1, 0.15) is 13.2 Å². The Morgan fingerprint density at radius 2 is 2.33 bits per heavy atom. The summed E-state index contributed by atoms with van der Waals surface area (Å²) < 4.78 is 6.30. The molecule has 0 saturated carbocycles. The van der Waals surface area contributed by atoms with Gasteiger partial charge in [-0.1, -0.05) is 0 Å². The van der Waals surface area contributed by atoms with Crippen molar-refractivity contribution in [3.05, 3.63) is 22.7 Å². The van der Waals surface area contributed by atoms with E-state index >= 15 is 0 Å². The van der Waals surface area contributed by atoms with Crippen LogP contribution in [0.15, 0.2) is 17.1 Å². The summed E-state index contributed by atoms with van der Waals surface area (Å²) in [6, 6.07) is 1.37. The lowest BCUT2D eigenvalue weighted by Crippen LogP contribution is -2.46. The predicted molar refractivity (Wildman–Crippen MR) is 60.5 cm³/mol. The van der Waals surface area contributed by atoms with Crippen LogP contribution in [0.4, 0.5) is 5.82 Å². The zero-order valence-corrected chi connectivity index (χ0v) is 9.72. The molecule has 2 heterocycles. The van der Waals surface area contributed by atoms with Crippen LogP contribution >= 0.6 is 0 Å². The number of aliphatic hydroxyl groups excluding tert-OH is 2. The van der Waals surface area contributed by atoms with Crippen molar-refractivity contribution in [3.63, 3.8) is 0 Å². The normalized spacial score (nSPS) is 35.9. The minimum Gasteiger partial charge on any atom is -0.394 e. The molecule has 4 atom stereocenters. The van der Waals surface area contributed by atoms with E-state index in [4.69, 9.17) is 15.6 Å². The molecule has 0 amide bonds. The van der Waals surface area contributed by atoms with E-state index in [2.05, 4.69) is 4.98 Å². The molecule has 1 saturated heterocycles. The van der Waals surface area contributed by atoms with E-state index in [-0.39, 0.29) is 5.82 Å². The molecular formula is C10H15N3O5. The van der Waals surface area contributed by atoms with Gasteiger partial charge in [0.1, 0.15) is 23.6 Å². The van der Waals surface area contributed by atoms with Crippen molar-refractivity contribution < 1.29 is 20.1 Å². The molecule has 0 aliphatic carbocycles. The molecule has 2 rings (SSSR count). The minimum atomic E-state index is -1.71. The standard InChI is InChI=1S/C10H15N3O5/c1-10(17)7(15)5(4-14)18-8(10)13-3-2-6(11)12-9(13)16/h2-3,5,7-8,14-15,17H,4H2,1H3,(H2,11,12,16)/t5-,7+,8-,10+/m1/s1. The molecule has 0 spiro atoms. The van der Waals surface area contributed by atoms with Crippen LogP contribution in [0.25, 0.3) is 0 Å². The molecule has 8 nitrogen and oxygen atoms in total. The Hall–Kier alpha value is -1.48. The van der Waals surface area contributed by atoms with E-state index in [1.165, 1.54) is 19.2 Å². The number of ether oxygens (including phenoxy) is 1. The average Bonchev–Trinajstić information content (AvgIpc) is 2.52. The molecular weight excluding hydrogens is 242 g/mol. The highest BCUT2D eigenvalue weighted by molar-refractivity contribution is 5.23. The number of hydrogen-bond donors (Lipinski definition) is 4. The van der Waals surface area contributed by atoms with Crippen LogP contribution in [0.2, 0.25) is 0 Å². The molecule has 1 fully saturated rings. The smallest absolute Gasteiger partial charge is 0.351 e. The van der Waals surface area contributed by atoms with E-state index in [0.717, 1.165) is 4.57 Å². The van der Waals surface area contributed by atoms with Crippen LogP contribution in [-0.2, 0) is 4.74 Å². The van der Waals surface area contributed by atoms with Crippen LogP contribution in [0.3, 0.4) is 0 Å². The number of anilines is 1. The minimum absolute atomic E-state index is 0.0492. The van der Waals surface area contributed by atoms with E-state index in [0.29, 0.717) is 0 Å². The summed E-state index contributed by atoms with van der Waals surface area (Å²) in [7, 11) is 0. The Labute approximate surface area is 102 Å². The van der Waals surface area contributed by atoms with E-state index in [1.807, 2.05) is 0 Å². The van der Waals surface area contributed by atoms with Crippen LogP contribution in [0.5, 0.6) is 0 Å². The number of aromatic nitrogens is 2. The molecule has 0 bridgehead atoms. The Morgan fingerprint density at radius 1 is 1.67 bits per heavy atom. The summed E-state index contributed by atoms with van der Waals surface area (Å²) in [5.74, 6) is 0.0492. The summed E-state index contributed by atoms with van der Waals surface area (Å²) in [4.78, 5) is 15.2. The summed E-state index contributed by atoms with van der Waals surface area (Å²) in [5, 5.41) is 29.0.